The third kappa shape index (κ3) is 2.37. The van der Waals surface area contributed by atoms with Crippen molar-refractivity contribution in [1.29, 1.82) is 0 Å². The van der Waals surface area contributed by atoms with Crippen molar-refractivity contribution in [2.75, 3.05) is 13.2 Å². The Labute approximate surface area is 106 Å². The molecule has 2 N–H and O–H groups in total. The van der Waals surface area contributed by atoms with Crippen LogP contribution in [0.2, 0.25) is 0 Å². The molecule has 0 aliphatic carbocycles. The van der Waals surface area contributed by atoms with Crippen molar-refractivity contribution in [3.8, 4) is 0 Å². The Morgan fingerprint density at radius 2 is 2.22 bits per heavy atom. The minimum absolute atomic E-state index is 0.540. The molecule has 0 saturated carbocycles. The van der Waals surface area contributed by atoms with E-state index in [-0.39, 0.29) is 0 Å². The number of hydrogen-bond donors (Lipinski definition) is 1. The Morgan fingerprint density at radius 1 is 1.39 bits per heavy atom. The fraction of sp³-hybridized carbons (Fsp3) is 0.538. The van der Waals surface area contributed by atoms with Crippen LogP contribution >= 0.6 is 0 Å². The second-order valence-corrected chi connectivity index (χ2v) is 4.83. The number of hydrogen-bond acceptors (Lipinski definition) is 4. The second kappa shape index (κ2) is 5.04. The van der Waals surface area contributed by atoms with Crippen LogP contribution in [-0.2, 0) is 17.7 Å². The third-order valence-corrected chi connectivity index (χ3v) is 3.49. The maximum atomic E-state index is 5.63. The first-order valence-corrected chi connectivity index (χ1v) is 6.47. The average Bonchev–Trinajstić information content (AvgIpc) is 2.80. The van der Waals surface area contributed by atoms with E-state index < -0.39 is 0 Å². The van der Waals surface area contributed by atoms with E-state index in [9.17, 15) is 0 Å². The van der Waals surface area contributed by atoms with Gasteiger partial charge in [-0.1, -0.05) is 0 Å². The summed E-state index contributed by atoms with van der Waals surface area (Å²) in [5.74, 6) is 1.58. The van der Waals surface area contributed by atoms with Crippen LogP contribution in [0.1, 0.15) is 24.2 Å². The molecule has 0 bridgehead atoms. The zero-order valence-corrected chi connectivity index (χ0v) is 10.4. The normalized spacial score (nSPS) is 17.4. The van der Waals surface area contributed by atoms with Crippen molar-refractivity contribution in [2.45, 2.75) is 25.8 Å². The predicted octanol–water partition coefficient (Wildman–Crippen LogP) is 1.16. The van der Waals surface area contributed by atoms with Gasteiger partial charge in [-0.05, 0) is 36.5 Å². The van der Waals surface area contributed by atoms with E-state index in [1.165, 1.54) is 0 Å². The van der Waals surface area contributed by atoms with E-state index >= 15 is 0 Å². The first kappa shape index (κ1) is 11.6. The second-order valence-electron chi connectivity index (χ2n) is 4.83. The molecule has 5 nitrogen and oxygen atoms in total. The van der Waals surface area contributed by atoms with Gasteiger partial charge in [-0.3, -0.25) is 0 Å². The van der Waals surface area contributed by atoms with Crippen LogP contribution in [-0.4, -0.2) is 27.8 Å². The minimum Gasteiger partial charge on any atom is -0.381 e. The zero-order chi connectivity index (χ0) is 12.4. The SMILES string of the molecule is NCc1ccn2nc(CC3CCOCC3)nc2c1. The third-order valence-electron chi connectivity index (χ3n) is 3.49. The van der Waals surface area contributed by atoms with Crippen LogP contribution in [0, 0.1) is 5.92 Å². The van der Waals surface area contributed by atoms with Gasteiger partial charge in [0.2, 0.25) is 0 Å². The van der Waals surface area contributed by atoms with Gasteiger partial charge in [0.15, 0.2) is 11.5 Å². The van der Waals surface area contributed by atoms with E-state index in [1.54, 1.807) is 0 Å². The van der Waals surface area contributed by atoms with E-state index in [0.717, 1.165) is 49.5 Å². The van der Waals surface area contributed by atoms with Crippen LogP contribution in [0.3, 0.4) is 0 Å². The Hall–Kier alpha value is -1.46. The van der Waals surface area contributed by atoms with Crippen LogP contribution in [0.25, 0.3) is 5.65 Å². The summed E-state index contributed by atoms with van der Waals surface area (Å²) < 4.78 is 7.19. The predicted molar refractivity (Wildman–Crippen MR) is 68.1 cm³/mol. The highest BCUT2D eigenvalue weighted by atomic mass is 16.5. The van der Waals surface area contributed by atoms with Crippen molar-refractivity contribution in [3.63, 3.8) is 0 Å². The molecule has 0 aromatic carbocycles. The first-order valence-electron chi connectivity index (χ1n) is 6.47. The van der Waals surface area contributed by atoms with E-state index in [2.05, 4.69) is 10.1 Å². The molecule has 3 heterocycles. The quantitative estimate of drug-likeness (QED) is 0.882. The van der Waals surface area contributed by atoms with Gasteiger partial charge in [0.1, 0.15) is 0 Å². The molecule has 1 aliphatic heterocycles. The van der Waals surface area contributed by atoms with Crippen LogP contribution in [0.5, 0.6) is 0 Å². The van der Waals surface area contributed by atoms with E-state index in [0.29, 0.717) is 12.5 Å². The highest BCUT2D eigenvalue weighted by Crippen LogP contribution is 2.18. The van der Waals surface area contributed by atoms with Crippen molar-refractivity contribution >= 4 is 5.65 Å². The van der Waals surface area contributed by atoms with Crippen LogP contribution in [0.15, 0.2) is 18.3 Å². The molecule has 1 saturated heterocycles. The van der Waals surface area contributed by atoms with E-state index in [1.807, 2.05) is 22.8 Å². The van der Waals surface area contributed by atoms with Gasteiger partial charge < -0.3 is 10.5 Å². The Morgan fingerprint density at radius 3 is 3.00 bits per heavy atom. The molecule has 0 atom stereocenters. The molecule has 5 heteroatoms. The van der Waals surface area contributed by atoms with Gasteiger partial charge in [-0.2, -0.15) is 5.10 Å². The molecule has 18 heavy (non-hydrogen) atoms. The van der Waals surface area contributed by atoms with Gasteiger partial charge in [-0.15, -0.1) is 0 Å². The summed E-state index contributed by atoms with van der Waals surface area (Å²) in [5.41, 5.74) is 7.60. The Balaban J connectivity index is 1.79. The van der Waals surface area contributed by atoms with Gasteiger partial charge >= 0.3 is 0 Å². The molecule has 2 aromatic heterocycles. The summed E-state index contributed by atoms with van der Waals surface area (Å²) in [6.07, 6.45) is 5.11. The minimum atomic E-state index is 0.540. The van der Waals surface area contributed by atoms with Gasteiger partial charge in [0.25, 0.3) is 0 Å². The lowest BCUT2D eigenvalue weighted by molar-refractivity contribution is 0.0660. The standard InChI is InChI=1S/C13H18N4O/c14-9-11-1-4-17-13(8-11)15-12(16-17)7-10-2-5-18-6-3-10/h1,4,8,10H,2-3,5-7,9,14H2. The number of fused-ring (bicyclic) bond motifs is 1. The maximum absolute atomic E-state index is 5.63. The number of ether oxygens (including phenoxy) is 1. The number of nitrogens with two attached hydrogens (primary N) is 1. The number of rotatable bonds is 3. The van der Waals surface area contributed by atoms with Crippen molar-refractivity contribution in [2.24, 2.45) is 11.7 Å². The van der Waals surface area contributed by atoms with Gasteiger partial charge in [0.05, 0.1) is 0 Å². The van der Waals surface area contributed by atoms with Crippen molar-refractivity contribution in [3.05, 3.63) is 29.7 Å². The molecule has 0 radical (unpaired) electrons. The summed E-state index contributed by atoms with van der Waals surface area (Å²) in [6.45, 7) is 2.28. The van der Waals surface area contributed by atoms with Crippen molar-refractivity contribution < 1.29 is 4.74 Å². The summed E-state index contributed by atoms with van der Waals surface area (Å²) in [5, 5.41) is 4.51. The van der Waals surface area contributed by atoms with Gasteiger partial charge in [-0.25, -0.2) is 9.50 Å². The molecule has 96 valence electrons. The number of aromatic nitrogens is 3. The van der Waals surface area contributed by atoms with Crippen molar-refractivity contribution in [1.82, 2.24) is 14.6 Å². The summed E-state index contributed by atoms with van der Waals surface area (Å²) in [4.78, 5) is 4.57. The summed E-state index contributed by atoms with van der Waals surface area (Å²) >= 11 is 0. The first-order chi connectivity index (χ1) is 8.85. The fourth-order valence-electron chi connectivity index (χ4n) is 2.39. The molecule has 0 amide bonds. The smallest absolute Gasteiger partial charge is 0.155 e. The number of nitrogens with zero attached hydrogens (tertiary/aromatic N) is 3. The molecule has 2 aromatic rings. The molecule has 1 fully saturated rings. The molecule has 0 spiro atoms. The lowest BCUT2D eigenvalue weighted by Crippen LogP contribution is -2.18. The highest BCUT2D eigenvalue weighted by molar-refractivity contribution is 5.40. The molecule has 1 aliphatic rings. The highest BCUT2D eigenvalue weighted by Gasteiger charge is 2.16. The molecule has 0 unspecified atom stereocenters. The Kier molecular flexibility index (Phi) is 3.25. The topological polar surface area (TPSA) is 65.4 Å². The lowest BCUT2D eigenvalue weighted by Gasteiger charge is -2.20. The Bertz CT molecular complexity index is 531. The monoisotopic (exact) mass is 246 g/mol. The summed E-state index contributed by atoms with van der Waals surface area (Å²) in [6, 6.07) is 3.99. The molecular formula is C13H18N4O. The van der Waals surface area contributed by atoms with E-state index in [4.69, 9.17) is 10.5 Å². The van der Waals surface area contributed by atoms with Crippen LogP contribution < -0.4 is 5.73 Å². The average molecular weight is 246 g/mol. The molecular weight excluding hydrogens is 228 g/mol. The zero-order valence-electron chi connectivity index (χ0n) is 10.4. The summed E-state index contributed by atoms with van der Waals surface area (Å²) in [7, 11) is 0. The van der Waals surface area contributed by atoms with Gasteiger partial charge in [0, 0.05) is 32.4 Å². The van der Waals surface area contributed by atoms with Crippen LogP contribution in [0.4, 0.5) is 0 Å². The lowest BCUT2D eigenvalue weighted by atomic mass is 9.96. The number of pyridine rings is 1. The maximum Gasteiger partial charge on any atom is 0.155 e. The fourth-order valence-corrected chi connectivity index (χ4v) is 2.39. The molecule has 3 rings (SSSR count). The largest absolute Gasteiger partial charge is 0.381 e.